The summed E-state index contributed by atoms with van der Waals surface area (Å²) in [6.45, 7) is 6.45. The van der Waals surface area contributed by atoms with Crippen molar-refractivity contribution in [3.8, 4) is 0 Å². The summed E-state index contributed by atoms with van der Waals surface area (Å²) in [6, 6.07) is 5.11. The van der Waals surface area contributed by atoms with Crippen LogP contribution in [-0.2, 0) is 11.3 Å². The first-order valence-electron chi connectivity index (χ1n) is 6.20. The van der Waals surface area contributed by atoms with E-state index in [0.717, 1.165) is 51.5 Å². The van der Waals surface area contributed by atoms with Gasteiger partial charge in [0.2, 0.25) is 0 Å². The van der Waals surface area contributed by atoms with E-state index in [1.807, 2.05) is 12.1 Å². The SMILES string of the molecule is Fc1ccc(CNCCN2CCOCC2)cc1Br. The summed E-state index contributed by atoms with van der Waals surface area (Å²) in [5.41, 5.74) is 1.09. The predicted molar refractivity (Wildman–Crippen MR) is 73.1 cm³/mol. The van der Waals surface area contributed by atoms with Crippen LogP contribution in [-0.4, -0.2) is 44.3 Å². The molecule has 0 radical (unpaired) electrons. The van der Waals surface area contributed by atoms with Gasteiger partial charge in [-0.05, 0) is 33.6 Å². The molecule has 0 bridgehead atoms. The molecule has 1 fully saturated rings. The summed E-state index contributed by atoms with van der Waals surface area (Å²) in [6.07, 6.45) is 0. The first-order chi connectivity index (χ1) is 8.75. The third kappa shape index (κ3) is 4.31. The van der Waals surface area contributed by atoms with E-state index < -0.39 is 0 Å². The Morgan fingerprint density at radius 2 is 2.11 bits per heavy atom. The van der Waals surface area contributed by atoms with Gasteiger partial charge in [0.15, 0.2) is 0 Å². The second kappa shape index (κ2) is 7.19. The molecule has 0 amide bonds. The van der Waals surface area contributed by atoms with Gasteiger partial charge in [-0.15, -0.1) is 0 Å². The highest BCUT2D eigenvalue weighted by Crippen LogP contribution is 2.16. The Bertz CT molecular complexity index is 383. The van der Waals surface area contributed by atoms with Gasteiger partial charge in [0, 0.05) is 32.7 Å². The molecule has 0 aliphatic carbocycles. The van der Waals surface area contributed by atoms with Gasteiger partial charge >= 0.3 is 0 Å². The molecule has 5 heteroatoms. The van der Waals surface area contributed by atoms with Crippen molar-refractivity contribution in [1.29, 1.82) is 0 Å². The maximum absolute atomic E-state index is 13.0. The van der Waals surface area contributed by atoms with Crippen molar-refractivity contribution in [2.45, 2.75) is 6.54 Å². The molecular weight excluding hydrogens is 299 g/mol. The molecular formula is C13H18BrFN2O. The number of morpholine rings is 1. The van der Waals surface area contributed by atoms with Crippen LogP contribution in [0.2, 0.25) is 0 Å². The fourth-order valence-corrected chi connectivity index (χ4v) is 2.37. The Morgan fingerprint density at radius 1 is 1.33 bits per heavy atom. The van der Waals surface area contributed by atoms with E-state index in [-0.39, 0.29) is 5.82 Å². The summed E-state index contributed by atoms with van der Waals surface area (Å²) in [4.78, 5) is 2.39. The number of rotatable bonds is 5. The molecule has 1 saturated heterocycles. The number of nitrogens with zero attached hydrogens (tertiary/aromatic N) is 1. The molecule has 1 heterocycles. The van der Waals surface area contributed by atoms with Gasteiger partial charge in [0.05, 0.1) is 17.7 Å². The van der Waals surface area contributed by atoms with Gasteiger partial charge < -0.3 is 10.1 Å². The maximum Gasteiger partial charge on any atom is 0.137 e. The number of halogens is 2. The fraction of sp³-hybridized carbons (Fsp3) is 0.538. The van der Waals surface area contributed by atoms with Crippen molar-refractivity contribution >= 4 is 15.9 Å². The van der Waals surface area contributed by atoms with Crippen molar-refractivity contribution in [2.24, 2.45) is 0 Å². The van der Waals surface area contributed by atoms with Crippen LogP contribution in [0.1, 0.15) is 5.56 Å². The summed E-state index contributed by atoms with van der Waals surface area (Å²) in [7, 11) is 0. The highest BCUT2D eigenvalue weighted by molar-refractivity contribution is 9.10. The van der Waals surface area contributed by atoms with Crippen LogP contribution in [0.4, 0.5) is 4.39 Å². The first kappa shape index (κ1) is 13.9. The van der Waals surface area contributed by atoms with E-state index >= 15 is 0 Å². The van der Waals surface area contributed by atoms with E-state index in [1.165, 1.54) is 6.07 Å². The molecule has 1 aliphatic rings. The molecule has 3 nitrogen and oxygen atoms in total. The van der Waals surface area contributed by atoms with E-state index in [0.29, 0.717) is 4.47 Å². The zero-order valence-electron chi connectivity index (χ0n) is 10.3. The van der Waals surface area contributed by atoms with E-state index in [2.05, 4.69) is 26.1 Å². The number of hydrogen-bond donors (Lipinski definition) is 1. The fourth-order valence-electron chi connectivity index (χ4n) is 1.94. The molecule has 1 aliphatic heterocycles. The van der Waals surface area contributed by atoms with Gasteiger partial charge in [-0.3, -0.25) is 4.90 Å². The molecule has 1 aromatic carbocycles. The maximum atomic E-state index is 13.0. The highest BCUT2D eigenvalue weighted by atomic mass is 79.9. The van der Waals surface area contributed by atoms with Crippen molar-refractivity contribution in [3.05, 3.63) is 34.1 Å². The third-order valence-electron chi connectivity index (χ3n) is 3.02. The van der Waals surface area contributed by atoms with Crippen LogP contribution in [0.5, 0.6) is 0 Å². The van der Waals surface area contributed by atoms with Gasteiger partial charge in [0.25, 0.3) is 0 Å². The molecule has 0 spiro atoms. The molecule has 2 rings (SSSR count). The van der Waals surface area contributed by atoms with Crippen LogP contribution >= 0.6 is 15.9 Å². The average molecular weight is 317 g/mol. The second-order valence-electron chi connectivity index (χ2n) is 4.38. The average Bonchev–Trinajstić information content (AvgIpc) is 2.40. The molecule has 100 valence electrons. The van der Waals surface area contributed by atoms with E-state index in [9.17, 15) is 4.39 Å². The minimum atomic E-state index is -0.216. The largest absolute Gasteiger partial charge is 0.379 e. The monoisotopic (exact) mass is 316 g/mol. The van der Waals surface area contributed by atoms with Crippen LogP contribution in [0, 0.1) is 5.82 Å². The van der Waals surface area contributed by atoms with Crippen molar-refractivity contribution in [2.75, 3.05) is 39.4 Å². The summed E-state index contributed by atoms with van der Waals surface area (Å²) < 4.78 is 18.9. The Kier molecular flexibility index (Phi) is 5.56. The normalized spacial score (nSPS) is 17.0. The molecule has 0 unspecified atom stereocenters. The minimum absolute atomic E-state index is 0.216. The lowest BCUT2D eigenvalue weighted by atomic mass is 10.2. The minimum Gasteiger partial charge on any atom is -0.379 e. The number of ether oxygens (including phenoxy) is 1. The van der Waals surface area contributed by atoms with Gasteiger partial charge in [0.1, 0.15) is 5.82 Å². The molecule has 1 aromatic rings. The van der Waals surface area contributed by atoms with Crippen LogP contribution in [0.25, 0.3) is 0 Å². The quantitative estimate of drug-likeness (QED) is 0.841. The second-order valence-corrected chi connectivity index (χ2v) is 5.23. The molecule has 0 saturated carbocycles. The summed E-state index contributed by atoms with van der Waals surface area (Å²) >= 11 is 3.19. The van der Waals surface area contributed by atoms with Crippen LogP contribution < -0.4 is 5.32 Å². The Balaban J connectivity index is 1.66. The lowest BCUT2D eigenvalue weighted by Gasteiger charge is -2.26. The highest BCUT2D eigenvalue weighted by Gasteiger charge is 2.09. The Hall–Kier alpha value is -0.490. The van der Waals surface area contributed by atoms with Crippen LogP contribution in [0.3, 0.4) is 0 Å². The lowest BCUT2D eigenvalue weighted by Crippen LogP contribution is -2.40. The topological polar surface area (TPSA) is 24.5 Å². The number of hydrogen-bond acceptors (Lipinski definition) is 3. The molecule has 0 aromatic heterocycles. The van der Waals surface area contributed by atoms with Crippen LogP contribution in [0.15, 0.2) is 22.7 Å². The third-order valence-corrected chi connectivity index (χ3v) is 3.63. The molecule has 18 heavy (non-hydrogen) atoms. The predicted octanol–water partition coefficient (Wildman–Crippen LogP) is 2.01. The number of nitrogens with one attached hydrogen (secondary N) is 1. The first-order valence-corrected chi connectivity index (χ1v) is 7.00. The van der Waals surface area contributed by atoms with Gasteiger partial charge in [-0.25, -0.2) is 4.39 Å². The van der Waals surface area contributed by atoms with Crippen molar-refractivity contribution in [3.63, 3.8) is 0 Å². The van der Waals surface area contributed by atoms with E-state index in [1.54, 1.807) is 0 Å². The zero-order chi connectivity index (χ0) is 12.8. The standard InChI is InChI=1S/C13H18BrFN2O/c14-12-9-11(1-2-13(12)15)10-16-3-4-17-5-7-18-8-6-17/h1-2,9,16H,3-8,10H2. The lowest BCUT2D eigenvalue weighted by molar-refractivity contribution is 0.0384. The van der Waals surface area contributed by atoms with Crippen molar-refractivity contribution in [1.82, 2.24) is 10.2 Å². The summed E-state index contributed by atoms with van der Waals surface area (Å²) in [5.74, 6) is -0.216. The smallest absolute Gasteiger partial charge is 0.137 e. The van der Waals surface area contributed by atoms with E-state index in [4.69, 9.17) is 4.74 Å². The zero-order valence-corrected chi connectivity index (χ0v) is 11.9. The van der Waals surface area contributed by atoms with Gasteiger partial charge in [-0.2, -0.15) is 0 Å². The van der Waals surface area contributed by atoms with Crippen molar-refractivity contribution < 1.29 is 9.13 Å². The molecule has 0 atom stereocenters. The number of benzene rings is 1. The Labute approximate surface area is 115 Å². The Morgan fingerprint density at radius 3 is 2.83 bits per heavy atom. The summed E-state index contributed by atoms with van der Waals surface area (Å²) in [5, 5.41) is 3.37. The van der Waals surface area contributed by atoms with Gasteiger partial charge in [-0.1, -0.05) is 6.07 Å². The molecule has 1 N–H and O–H groups in total.